The summed E-state index contributed by atoms with van der Waals surface area (Å²) in [5, 5.41) is 12.4. The van der Waals surface area contributed by atoms with Crippen molar-refractivity contribution in [3.05, 3.63) is 0 Å². The second kappa shape index (κ2) is 8.22. The van der Waals surface area contributed by atoms with E-state index in [0.717, 1.165) is 19.3 Å². The van der Waals surface area contributed by atoms with Gasteiger partial charge < -0.3 is 20.1 Å². The number of amides is 2. The fourth-order valence-corrected chi connectivity index (χ4v) is 3.02. The van der Waals surface area contributed by atoms with Crippen LogP contribution >= 0.6 is 0 Å². The predicted octanol–water partition coefficient (Wildman–Crippen LogP) is 2.09. The van der Waals surface area contributed by atoms with Crippen molar-refractivity contribution in [2.45, 2.75) is 52.0 Å². The molecule has 0 radical (unpaired) electrons. The third-order valence-electron chi connectivity index (χ3n) is 4.16. The fourth-order valence-electron chi connectivity index (χ4n) is 3.02. The molecule has 1 rings (SSSR count). The zero-order valence-corrected chi connectivity index (χ0v) is 13.4. The summed E-state index contributed by atoms with van der Waals surface area (Å²) >= 11 is 0. The summed E-state index contributed by atoms with van der Waals surface area (Å²) in [6.07, 6.45) is 3.77. The number of hydrogen-bond donors (Lipinski definition) is 2. The number of aliphatic carboxylic acids is 1. The summed E-state index contributed by atoms with van der Waals surface area (Å²) in [7, 11) is 1.61. The van der Waals surface area contributed by atoms with Gasteiger partial charge in [-0.05, 0) is 19.3 Å². The maximum absolute atomic E-state index is 12.3. The van der Waals surface area contributed by atoms with Crippen LogP contribution in [0.5, 0.6) is 0 Å². The van der Waals surface area contributed by atoms with E-state index in [1.807, 2.05) is 6.92 Å². The van der Waals surface area contributed by atoms with Crippen molar-refractivity contribution in [1.82, 2.24) is 10.2 Å². The first-order valence-electron chi connectivity index (χ1n) is 7.76. The summed E-state index contributed by atoms with van der Waals surface area (Å²) in [6.45, 7) is 5.31. The van der Waals surface area contributed by atoms with Crippen molar-refractivity contribution in [1.29, 1.82) is 0 Å². The summed E-state index contributed by atoms with van der Waals surface area (Å²) in [5.41, 5.74) is -0.770. The monoisotopic (exact) mass is 300 g/mol. The number of hydrogen-bond acceptors (Lipinski definition) is 3. The lowest BCUT2D eigenvalue weighted by atomic mass is 9.83. The molecule has 1 fully saturated rings. The highest BCUT2D eigenvalue weighted by Gasteiger charge is 2.45. The molecule has 0 bridgehead atoms. The lowest BCUT2D eigenvalue weighted by Crippen LogP contribution is -2.47. The molecular weight excluding hydrogens is 272 g/mol. The number of carboxylic acids is 1. The van der Waals surface area contributed by atoms with Crippen LogP contribution in [0, 0.1) is 5.41 Å². The molecule has 21 heavy (non-hydrogen) atoms. The number of nitrogens with zero attached hydrogens (tertiary/aromatic N) is 1. The van der Waals surface area contributed by atoms with Crippen molar-refractivity contribution in [3.8, 4) is 0 Å². The Labute approximate surface area is 126 Å². The van der Waals surface area contributed by atoms with Crippen LogP contribution in [0.1, 0.15) is 46.0 Å². The molecule has 0 saturated carbocycles. The van der Waals surface area contributed by atoms with E-state index in [-0.39, 0.29) is 12.1 Å². The largest absolute Gasteiger partial charge is 0.481 e. The number of rotatable bonds is 8. The highest BCUT2D eigenvalue weighted by Crippen LogP contribution is 2.35. The van der Waals surface area contributed by atoms with E-state index >= 15 is 0 Å². The molecule has 2 atom stereocenters. The molecule has 1 aliphatic rings. The van der Waals surface area contributed by atoms with E-state index in [9.17, 15) is 14.7 Å². The van der Waals surface area contributed by atoms with Crippen molar-refractivity contribution in [2.75, 3.05) is 26.8 Å². The molecule has 1 heterocycles. The van der Waals surface area contributed by atoms with Crippen LogP contribution in [-0.4, -0.2) is 54.9 Å². The molecule has 0 aromatic carbocycles. The molecule has 0 aromatic rings. The van der Waals surface area contributed by atoms with Crippen LogP contribution in [0.4, 0.5) is 4.79 Å². The van der Waals surface area contributed by atoms with Crippen LogP contribution in [-0.2, 0) is 9.53 Å². The number of urea groups is 1. The number of ether oxygens (including phenoxy) is 1. The van der Waals surface area contributed by atoms with E-state index in [4.69, 9.17) is 4.74 Å². The van der Waals surface area contributed by atoms with Gasteiger partial charge in [0.1, 0.15) is 0 Å². The van der Waals surface area contributed by atoms with Crippen LogP contribution in [0.2, 0.25) is 0 Å². The van der Waals surface area contributed by atoms with Crippen molar-refractivity contribution in [3.63, 3.8) is 0 Å². The van der Waals surface area contributed by atoms with Gasteiger partial charge in [-0.25, -0.2) is 4.79 Å². The molecular formula is C15H28N2O4. The molecule has 1 saturated heterocycles. The van der Waals surface area contributed by atoms with Gasteiger partial charge in [0.15, 0.2) is 0 Å². The normalized spacial score (nSPS) is 23.1. The van der Waals surface area contributed by atoms with Gasteiger partial charge >= 0.3 is 12.0 Å². The molecule has 0 aromatic heterocycles. The molecule has 2 amide bonds. The molecule has 1 aliphatic heterocycles. The molecule has 0 spiro atoms. The SMILES string of the molecule is CCCC(COC)NC(=O)N1CCC(CCC)(C(=O)O)C1. The predicted molar refractivity (Wildman–Crippen MR) is 80.3 cm³/mol. The molecule has 122 valence electrons. The van der Waals surface area contributed by atoms with Gasteiger partial charge in [0.2, 0.25) is 0 Å². The maximum Gasteiger partial charge on any atom is 0.317 e. The van der Waals surface area contributed by atoms with Crippen LogP contribution < -0.4 is 5.32 Å². The third kappa shape index (κ3) is 4.59. The maximum atomic E-state index is 12.3. The molecule has 6 nitrogen and oxygen atoms in total. The van der Waals surface area contributed by atoms with Crippen molar-refractivity contribution < 1.29 is 19.4 Å². The van der Waals surface area contributed by atoms with Gasteiger partial charge in [0.25, 0.3) is 0 Å². The molecule has 0 aliphatic carbocycles. The second-order valence-electron chi connectivity index (χ2n) is 5.90. The van der Waals surface area contributed by atoms with Crippen LogP contribution in [0.15, 0.2) is 0 Å². The van der Waals surface area contributed by atoms with Gasteiger partial charge in [0, 0.05) is 20.2 Å². The number of carbonyl (C=O) groups is 2. The smallest absolute Gasteiger partial charge is 0.317 e. The van der Waals surface area contributed by atoms with Crippen molar-refractivity contribution >= 4 is 12.0 Å². The minimum Gasteiger partial charge on any atom is -0.481 e. The van der Waals surface area contributed by atoms with E-state index in [2.05, 4.69) is 12.2 Å². The van der Waals surface area contributed by atoms with Crippen LogP contribution in [0.25, 0.3) is 0 Å². The van der Waals surface area contributed by atoms with Gasteiger partial charge in [-0.2, -0.15) is 0 Å². The minimum atomic E-state index is -0.790. The highest BCUT2D eigenvalue weighted by molar-refractivity contribution is 5.79. The zero-order chi connectivity index (χ0) is 15.9. The number of likely N-dealkylation sites (tertiary alicyclic amines) is 1. The first-order chi connectivity index (χ1) is 9.99. The number of carboxylic acid groups (broad SMARTS) is 1. The van der Waals surface area contributed by atoms with Crippen molar-refractivity contribution in [2.24, 2.45) is 5.41 Å². The Hall–Kier alpha value is -1.30. The number of methoxy groups -OCH3 is 1. The quantitative estimate of drug-likeness (QED) is 0.719. The Morgan fingerprint density at radius 3 is 2.62 bits per heavy atom. The standard InChI is InChI=1S/C15H28N2O4/c1-4-6-12(10-21-3)16-14(20)17-9-8-15(11-17,7-5-2)13(18)19/h12H,4-11H2,1-3H3,(H,16,20)(H,18,19). The van der Waals surface area contributed by atoms with Crippen LogP contribution in [0.3, 0.4) is 0 Å². The van der Waals surface area contributed by atoms with E-state index in [0.29, 0.717) is 32.5 Å². The minimum absolute atomic E-state index is 0.0153. The Bertz CT molecular complexity index is 356. The second-order valence-corrected chi connectivity index (χ2v) is 5.90. The average molecular weight is 300 g/mol. The Morgan fingerprint density at radius 2 is 2.10 bits per heavy atom. The summed E-state index contributed by atoms with van der Waals surface area (Å²) < 4.78 is 5.11. The average Bonchev–Trinajstić information content (AvgIpc) is 2.85. The molecule has 2 unspecified atom stereocenters. The van der Waals surface area contributed by atoms with E-state index in [1.165, 1.54) is 0 Å². The number of nitrogens with one attached hydrogen (secondary N) is 1. The van der Waals surface area contributed by atoms with E-state index < -0.39 is 11.4 Å². The third-order valence-corrected chi connectivity index (χ3v) is 4.16. The van der Waals surface area contributed by atoms with Gasteiger partial charge in [-0.1, -0.05) is 26.7 Å². The Balaban J connectivity index is 2.62. The fraction of sp³-hybridized carbons (Fsp3) is 0.867. The first kappa shape index (κ1) is 17.8. The first-order valence-corrected chi connectivity index (χ1v) is 7.76. The summed E-state index contributed by atoms with van der Waals surface area (Å²) in [6, 6.07) is -0.191. The van der Waals surface area contributed by atoms with Gasteiger partial charge in [0.05, 0.1) is 18.1 Å². The number of carbonyl (C=O) groups excluding carboxylic acids is 1. The lowest BCUT2D eigenvalue weighted by Gasteiger charge is -2.26. The topological polar surface area (TPSA) is 78.9 Å². The van der Waals surface area contributed by atoms with Gasteiger partial charge in [-0.3, -0.25) is 4.79 Å². The highest BCUT2D eigenvalue weighted by atomic mass is 16.5. The lowest BCUT2D eigenvalue weighted by molar-refractivity contribution is -0.148. The Morgan fingerprint density at radius 1 is 1.38 bits per heavy atom. The van der Waals surface area contributed by atoms with E-state index in [1.54, 1.807) is 12.0 Å². The van der Waals surface area contributed by atoms with Gasteiger partial charge in [-0.15, -0.1) is 0 Å². The summed E-state index contributed by atoms with van der Waals surface area (Å²) in [5.74, 6) is -0.790. The summed E-state index contributed by atoms with van der Waals surface area (Å²) in [4.78, 5) is 25.4. The zero-order valence-electron chi connectivity index (χ0n) is 13.4. The molecule has 2 N–H and O–H groups in total. The molecule has 6 heteroatoms. The Kier molecular flexibility index (Phi) is 6.95.